The zero-order valence-corrected chi connectivity index (χ0v) is 23.1. The average Bonchev–Trinajstić information content (AvgIpc) is 2.91. The number of phenols is 3. The maximum absolute atomic E-state index is 13.7. The van der Waals surface area contributed by atoms with Gasteiger partial charge in [0.25, 0.3) is 5.91 Å². The molecule has 2 aromatic rings. The summed E-state index contributed by atoms with van der Waals surface area (Å²) in [6, 6.07) is 6.75. The monoisotopic (exact) mass is 537 g/mol. The number of nitrogens with zero attached hydrogens (tertiary/aromatic N) is 2. The largest absolute Gasteiger partial charge is 0.508 e. The molecule has 1 amide bonds. The molecular formula is C30H39N3O6. The van der Waals surface area contributed by atoms with E-state index in [4.69, 9.17) is 0 Å². The number of carboxylic acid groups (broad SMARTS) is 1. The van der Waals surface area contributed by atoms with Crippen molar-refractivity contribution in [2.75, 3.05) is 22.9 Å². The van der Waals surface area contributed by atoms with Gasteiger partial charge < -0.3 is 36.4 Å². The number of carbonyl (C=O) groups excluding carboxylic acids is 1. The van der Waals surface area contributed by atoms with Crippen LogP contribution in [-0.4, -0.2) is 45.4 Å². The van der Waals surface area contributed by atoms with Gasteiger partial charge in [0.1, 0.15) is 29.5 Å². The van der Waals surface area contributed by atoms with Crippen molar-refractivity contribution in [1.82, 2.24) is 6.15 Å². The fraction of sp³-hybridized carbons (Fsp3) is 0.333. The first-order chi connectivity index (χ1) is 18.0. The normalized spacial score (nSPS) is 13.3. The Morgan fingerprint density at radius 3 is 2.13 bits per heavy atom. The number of amides is 1. The van der Waals surface area contributed by atoms with Gasteiger partial charge in [0.05, 0.1) is 16.9 Å². The van der Waals surface area contributed by atoms with Crippen LogP contribution in [0.1, 0.15) is 63.7 Å². The second-order valence-corrected chi connectivity index (χ2v) is 9.86. The standard InChI is InChI=1S/C30H36N2O6.H3N/c1-19(2)8-5-9-20(3)10-6-11-21(4)14-15-31-24-16-22(33)17-26(35)29(24)32(18-27(36)37)28-23(30(31)38)12-7-13-25(28)34;/h7-8,10,12-14,16-17,33-35H,5-6,9,11,15,18H2,1-4H3,(H,36,37);1H3. The number of para-hydroxylation sites is 1. The third-order valence-corrected chi connectivity index (χ3v) is 6.41. The number of aliphatic carboxylic acids is 1. The SMILES string of the molecule is CC(C)=CCCC(C)=CCCC(C)=CCN1C(=O)c2cccc(O)c2N(CC(=O)O)c2c(O)cc(O)cc21.N. The van der Waals surface area contributed by atoms with Crippen LogP contribution in [0, 0.1) is 0 Å². The molecule has 9 heteroatoms. The Bertz CT molecular complexity index is 1310. The second-order valence-electron chi connectivity index (χ2n) is 9.86. The van der Waals surface area contributed by atoms with Crippen LogP contribution in [0.25, 0.3) is 0 Å². The molecule has 0 aromatic heterocycles. The molecule has 0 unspecified atom stereocenters. The molecule has 7 N–H and O–H groups in total. The van der Waals surface area contributed by atoms with Crippen molar-refractivity contribution < 1.29 is 30.0 Å². The van der Waals surface area contributed by atoms with Crippen LogP contribution in [0.3, 0.4) is 0 Å². The molecule has 1 heterocycles. The predicted octanol–water partition coefficient (Wildman–Crippen LogP) is 6.57. The van der Waals surface area contributed by atoms with E-state index < -0.39 is 24.2 Å². The molecule has 1 aliphatic heterocycles. The second kappa shape index (κ2) is 13.5. The first-order valence-corrected chi connectivity index (χ1v) is 12.6. The van der Waals surface area contributed by atoms with Crippen LogP contribution in [0.4, 0.5) is 17.1 Å². The molecule has 0 fully saturated rings. The third kappa shape index (κ3) is 7.64. The lowest BCUT2D eigenvalue weighted by atomic mass is 10.1. The topological polar surface area (TPSA) is 157 Å². The summed E-state index contributed by atoms with van der Waals surface area (Å²) in [5, 5.41) is 41.2. The molecule has 39 heavy (non-hydrogen) atoms. The summed E-state index contributed by atoms with van der Waals surface area (Å²) in [6.45, 7) is 7.79. The predicted molar refractivity (Wildman–Crippen MR) is 155 cm³/mol. The molecule has 210 valence electrons. The summed E-state index contributed by atoms with van der Waals surface area (Å²) in [6.07, 6.45) is 10.0. The van der Waals surface area contributed by atoms with Gasteiger partial charge in [-0.3, -0.25) is 9.59 Å². The Balaban J connectivity index is 0.00000533. The number of aromatic hydroxyl groups is 3. The minimum atomic E-state index is -1.22. The highest BCUT2D eigenvalue weighted by Gasteiger charge is 2.35. The summed E-state index contributed by atoms with van der Waals surface area (Å²) >= 11 is 0. The van der Waals surface area contributed by atoms with Crippen LogP contribution in [0.15, 0.2) is 65.3 Å². The van der Waals surface area contributed by atoms with Crippen LogP contribution < -0.4 is 16.0 Å². The molecule has 0 saturated heterocycles. The molecule has 0 atom stereocenters. The van der Waals surface area contributed by atoms with E-state index in [0.29, 0.717) is 0 Å². The van der Waals surface area contributed by atoms with Crippen molar-refractivity contribution in [1.29, 1.82) is 0 Å². The van der Waals surface area contributed by atoms with Gasteiger partial charge in [-0.05, 0) is 65.5 Å². The Morgan fingerprint density at radius 1 is 0.846 bits per heavy atom. The Hall–Kier alpha value is -4.24. The highest BCUT2D eigenvalue weighted by molar-refractivity contribution is 6.16. The first kappa shape index (κ1) is 31.0. The van der Waals surface area contributed by atoms with E-state index in [1.54, 1.807) is 0 Å². The number of benzene rings is 2. The van der Waals surface area contributed by atoms with Gasteiger partial charge >= 0.3 is 5.97 Å². The van der Waals surface area contributed by atoms with Crippen LogP contribution in [0.5, 0.6) is 17.2 Å². The quantitative estimate of drug-likeness (QED) is 0.213. The minimum absolute atomic E-state index is 0. The molecule has 3 rings (SSSR count). The average molecular weight is 538 g/mol. The van der Waals surface area contributed by atoms with Crippen molar-refractivity contribution in [3.8, 4) is 17.2 Å². The zero-order chi connectivity index (χ0) is 28.0. The van der Waals surface area contributed by atoms with Crippen molar-refractivity contribution in [2.24, 2.45) is 0 Å². The number of rotatable bonds is 10. The number of carboxylic acids is 1. The summed E-state index contributed by atoms with van der Waals surface area (Å²) in [5.74, 6) is -2.70. The molecule has 2 aromatic carbocycles. The molecule has 0 radical (unpaired) electrons. The maximum atomic E-state index is 13.7. The van der Waals surface area contributed by atoms with E-state index in [1.165, 1.54) is 45.2 Å². The first-order valence-electron chi connectivity index (χ1n) is 12.6. The van der Waals surface area contributed by atoms with Gasteiger partial charge in [0.15, 0.2) is 0 Å². The van der Waals surface area contributed by atoms with E-state index in [-0.39, 0.29) is 46.8 Å². The number of hydrogen-bond donors (Lipinski definition) is 5. The maximum Gasteiger partial charge on any atom is 0.323 e. The number of anilines is 3. The number of allylic oxidation sites excluding steroid dienone is 5. The molecule has 9 nitrogen and oxygen atoms in total. The van der Waals surface area contributed by atoms with Crippen molar-refractivity contribution in [2.45, 2.75) is 53.4 Å². The number of carbonyl (C=O) groups is 2. The van der Waals surface area contributed by atoms with Crippen molar-refractivity contribution in [3.05, 3.63) is 70.8 Å². The molecular weight excluding hydrogens is 498 g/mol. The lowest BCUT2D eigenvalue weighted by Crippen LogP contribution is -2.30. The minimum Gasteiger partial charge on any atom is -0.508 e. The summed E-state index contributed by atoms with van der Waals surface area (Å²) in [5.41, 5.74) is 3.92. The third-order valence-electron chi connectivity index (χ3n) is 6.41. The van der Waals surface area contributed by atoms with Crippen molar-refractivity contribution >= 4 is 28.9 Å². The summed E-state index contributed by atoms with van der Waals surface area (Å²) in [4.78, 5) is 28.0. The van der Waals surface area contributed by atoms with E-state index >= 15 is 0 Å². The fourth-order valence-corrected chi connectivity index (χ4v) is 4.49. The number of phenolic OH excluding ortho intramolecular Hbond substituents is 3. The van der Waals surface area contributed by atoms with Gasteiger partial charge in [0, 0.05) is 18.7 Å². The summed E-state index contributed by atoms with van der Waals surface area (Å²) < 4.78 is 0. The summed E-state index contributed by atoms with van der Waals surface area (Å²) in [7, 11) is 0. The molecule has 0 spiro atoms. The fourth-order valence-electron chi connectivity index (χ4n) is 4.49. The van der Waals surface area contributed by atoms with E-state index in [0.717, 1.165) is 37.3 Å². The lowest BCUT2D eigenvalue weighted by molar-refractivity contribution is -0.135. The van der Waals surface area contributed by atoms with Crippen LogP contribution in [-0.2, 0) is 4.79 Å². The Labute approximate surface area is 229 Å². The Morgan fingerprint density at radius 2 is 1.49 bits per heavy atom. The van der Waals surface area contributed by atoms with E-state index in [2.05, 4.69) is 32.9 Å². The van der Waals surface area contributed by atoms with E-state index in [9.17, 15) is 30.0 Å². The van der Waals surface area contributed by atoms with Gasteiger partial charge in [-0.25, -0.2) is 0 Å². The molecule has 0 bridgehead atoms. The molecule has 0 aliphatic carbocycles. The van der Waals surface area contributed by atoms with Gasteiger partial charge in [-0.2, -0.15) is 0 Å². The highest BCUT2D eigenvalue weighted by atomic mass is 16.4. The lowest BCUT2D eigenvalue weighted by Gasteiger charge is -2.27. The molecule has 0 saturated carbocycles. The van der Waals surface area contributed by atoms with Crippen LogP contribution in [0.2, 0.25) is 0 Å². The van der Waals surface area contributed by atoms with Crippen molar-refractivity contribution in [3.63, 3.8) is 0 Å². The van der Waals surface area contributed by atoms with Gasteiger partial charge in [-0.15, -0.1) is 0 Å². The highest BCUT2D eigenvalue weighted by Crippen LogP contribution is 2.49. The smallest absolute Gasteiger partial charge is 0.323 e. The molecule has 1 aliphatic rings. The van der Waals surface area contributed by atoms with Gasteiger partial charge in [0.2, 0.25) is 0 Å². The van der Waals surface area contributed by atoms with E-state index in [1.807, 2.05) is 13.0 Å². The zero-order valence-electron chi connectivity index (χ0n) is 23.1. The number of hydrogen-bond acceptors (Lipinski definition) is 7. The van der Waals surface area contributed by atoms with Gasteiger partial charge in [-0.1, -0.05) is 41.0 Å². The van der Waals surface area contributed by atoms with Crippen LogP contribution >= 0.6 is 0 Å². The number of fused-ring (bicyclic) bond motifs is 2. The Kier molecular flexibility index (Phi) is 10.7.